The van der Waals surface area contributed by atoms with Gasteiger partial charge in [0, 0.05) is 15.6 Å². The maximum atomic E-state index is 12.4. The number of hydrogen-bond acceptors (Lipinski definition) is 4. The minimum Gasteiger partial charge on any atom is -0.321 e. The van der Waals surface area contributed by atoms with Gasteiger partial charge in [0.2, 0.25) is 10.0 Å². The number of rotatable bonds is 5. The highest BCUT2D eigenvalue weighted by Gasteiger charge is 2.11. The number of sulfonamides is 1. The zero-order valence-corrected chi connectivity index (χ0v) is 16.1. The molecule has 0 radical (unpaired) electrons. The Morgan fingerprint density at radius 2 is 1.69 bits per heavy atom. The first kappa shape index (κ1) is 18.4. The molecule has 1 amide bonds. The summed E-state index contributed by atoms with van der Waals surface area (Å²) in [6, 6.07) is 17.6. The van der Waals surface area contributed by atoms with Crippen LogP contribution in [0.5, 0.6) is 0 Å². The Labute approximate surface area is 160 Å². The van der Waals surface area contributed by atoms with E-state index in [9.17, 15) is 13.2 Å². The molecule has 1 heterocycles. The van der Waals surface area contributed by atoms with Gasteiger partial charge >= 0.3 is 0 Å². The Balaban J connectivity index is 1.75. The van der Waals surface area contributed by atoms with E-state index in [-0.39, 0.29) is 5.91 Å². The van der Waals surface area contributed by atoms with Crippen LogP contribution in [-0.2, 0) is 10.0 Å². The fourth-order valence-corrected chi connectivity index (χ4v) is 3.88. The highest BCUT2D eigenvalue weighted by Crippen LogP contribution is 2.29. The first-order chi connectivity index (χ1) is 12.3. The van der Waals surface area contributed by atoms with Gasteiger partial charge in [-0.15, -0.1) is 11.3 Å². The number of benzene rings is 2. The molecule has 2 aromatic carbocycles. The molecule has 0 unspecified atom stereocenters. The third-order valence-electron chi connectivity index (χ3n) is 3.38. The molecular weight excluding hydrogens is 392 g/mol. The molecule has 0 aliphatic rings. The second-order valence-corrected chi connectivity index (χ2v) is 8.85. The largest absolute Gasteiger partial charge is 0.321 e. The molecule has 5 nitrogen and oxygen atoms in total. The zero-order chi connectivity index (χ0) is 18.7. The molecule has 0 aliphatic heterocycles. The van der Waals surface area contributed by atoms with Gasteiger partial charge in [0.15, 0.2) is 0 Å². The number of anilines is 2. The summed E-state index contributed by atoms with van der Waals surface area (Å²) in [7, 11) is -3.38. The minimum atomic E-state index is -3.38. The van der Waals surface area contributed by atoms with Gasteiger partial charge in [0.05, 0.1) is 16.8 Å². The highest BCUT2D eigenvalue weighted by molar-refractivity contribution is 7.92. The summed E-state index contributed by atoms with van der Waals surface area (Å²) in [5, 5.41) is 3.43. The summed E-state index contributed by atoms with van der Waals surface area (Å²) in [5.74, 6) is -0.258. The number of hydrogen-bond donors (Lipinski definition) is 2. The topological polar surface area (TPSA) is 75.3 Å². The second kappa shape index (κ2) is 7.49. The van der Waals surface area contributed by atoms with Crippen molar-refractivity contribution in [1.82, 2.24) is 0 Å². The van der Waals surface area contributed by atoms with E-state index in [2.05, 4.69) is 10.0 Å². The van der Waals surface area contributed by atoms with E-state index in [4.69, 9.17) is 11.6 Å². The van der Waals surface area contributed by atoms with Crippen LogP contribution in [0.25, 0.3) is 10.4 Å². The fourth-order valence-electron chi connectivity index (χ4n) is 2.30. The third-order valence-corrected chi connectivity index (χ3v) is 5.37. The molecule has 8 heteroatoms. The summed E-state index contributed by atoms with van der Waals surface area (Å²) in [4.78, 5) is 14.0. The molecule has 0 aliphatic carbocycles. The van der Waals surface area contributed by atoms with Gasteiger partial charge in [0.1, 0.15) is 0 Å². The van der Waals surface area contributed by atoms with E-state index in [1.165, 1.54) is 11.3 Å². The van der Waals surface area contributed by atoms with Crippen molar-refractivity contribution in [2.75, 3.05) is 16.3 Å². The molecule has 0 bridgehead atoms. The number of carbonyl (C=O) groups excluding carboxylic acids is 1. The Hall–Kier alpha value is -2.35. The predicted molar refractivity (Wildman–Crippen MR) is 108 cm³/mol. The Morgan fingerprint density at radius 1 is 1.00 bits per heavy atom. The molecule has 134 valence electrons. The predicted octanol–water partition coefficient (Wildman–Crippen LogP) is 4.69. The summed E-state index contributed by atoms with van der Waals surface area (Å²) >= 11 is 7.26. The van der Waals surface area contributed by atoms with Gasteiger partial charge in [-0.3, -0.25) is 9.52 Å². The molecule has 0 atom stereocenters. The van der Waals surface area contributed by atoms with Gasteiger partial charge in [-0.1, -0.05) is 29.8 Å². The normalized spacial score (nSPS) is 11.2. The fraction of sp³-hybridized carbons (Fsp3) is 0.0556. The molecule has 1 aromatic heterocycles. The van der Waals surface area contributed by atoms with Gasteiger partial charge in [-0.25, -0.2) is 8.42 Å². The van der Waals surface area contributed by atoms with E-state index in [1.54, 1.807) is 42.5 Å². The van der Waals surface area contributed by atoms with Crippen LogP contribution in [0.1, 0.15) is 9.67 Å². The molecule has 0 fully saturated rings. The van der Waals surface area contributed by atoms with Crippen molar-refractivity contribution in [3.8, 4) is 10.4 Å². The third kappa shape index (κ3) is 4.85. The molecular formula is C18H15ClN2O3S2. The lowest BCUT2D eigenvalue weighted by molar-refractivity contribution is 0.103. The van der Waals surface area contributed by atoms with Crippen LogP contribution in [0.4, 0.5) is 11.4 Å². The van der Waals surface area contributed by atoms with E-state index < -0.39 is 10.0 Å². The summed E-state index contributed by atoms with van der Waals surface area (Å²) in [5.41, 5.74) is 1.88. The van der Waals surface area contributed by atoms with Crippen molar-refractivity contribution in [2.45, 2.75) is 0 Å². The number of halogens is 1. The summed E-state index contributed by atoms with van der Waals surface area (Å²) in [6.07, 6.45) is 1.07. The van der Waals surface area contributed by atoms with Crippen LogP contribution < -0.4 is 10.0 Å². The van der Waals surface area contributed by atoms with Gasteiger partial charge in [-0.05, 0) is 48.0 Å². The monoisotopic (exact) mass is 406 g/mol. The number of carbonyl (C=O) groups is 1. The molecule has 26 heavy (non-hydrogen) atoms. The lowest BCUT2D eigenvalue weighted by Crippen LogP contribution is -2.12. The smallest absolute Gasteiger partial charge is 0.265 e. The van der Waals surface area contributed by atoms with Crippen molar-refractivity contribution < 1.29 is 13.2 Å². The Kier molecular flexibility index (Phi) is 5.31. The molecule has 0 spiro atoms. The van der Waals surface area contributed by atoms with Crippen molar-refractivity contribution in [3.05, 3.63) is 70.6 Å². The van der Waals surface area contributed by atoms with Crippen molar-refractivity contribution >= 4 is 50.2 Å². The standard InChI is InChI=1S/C18H15ClN2O3S2/c1-26(23,24)21-15-4-2-3-14(11-15)20-18(22)17-10-9-16(25-17)12-5-7-13(19)8-6-12/h2-11,21H,1H3,(H,20,22). The minimum absolute atomic E-state index is 0.258. The average molecular weight is 407 g/mol. The molecule has 0 saturated heterocycles. The first-order valence-electron chi connectivity index (χ1n) is 7.55. The van der Waals surface area contributed by atoms with Crippen LogP contribution >= 0.6 is 22.9 Å². The first-order valence-corrected chi connectivity index (χ1v) is 10.6. The van der Waals surface area contributed by atoms with Crippen molar-refractivity contribution in [3.63, 3.8) is 0 Å². The lowest BCUT2D eigenvalue weighted by Gasteiger charge is -2.07. The number of amides is 1. The van der Waals surface area contributed by atoms with Crippen molar-refractivity contribution in [1.29, 1.82) is 0 Å². The van der Waals surface area contributed by atoms with Crippen LogP contribution in [-0.4, -0.2) is 20.6 Å². The molecule has 3 rings (SSSR count). The van der Waals surface area contributed by atoms with Crippen LogP contribution in [0.2, 0.25) is 5.02 Å². The van der Waals surface area contributed by atoms with Crippen LogP contribution in [0.15, 0.2) is 60.7 Å². The second-order valence-electron chi connectivity index (χ2n) is 5.58. The summed E-state index contributed by atoms with van der Waals surface area (Å²) < 4.78 is 25.0. The van der Waals surface area contributed by atoms with E-state index >= 15 is 0 Å². The summed E-state index contributed by atoms with van der Waals surface area (Å²) in [6.45, 7) is 0. The lowest BCUT2D eigenvalue weighted by atomic mass is 10.2. The highest BCUT2D eigenvalue weighted by atomic mass is 35.5. The SMILES string of the molecule is CS(=O)(=O)Nc1cccc(NC(=O)c2ccc(-c3ccc(Cl)cc3)s2)c1. The maximum Gasteiger partial charge on any atom is 0.265 e. The van der Waals surface area contributed by atoms with E-state index in [0.29, 0.717) is 21.3 Å². The van der Waals surface area contributed by atoms with E-state index in [1.807, 2.05) is 18.2 Å². The van der Waals surface area contributed by atoms with Gasteiger partial charge in [0.25, 0.3) is 5.91 Å². The average Bonchev–Trinajstić information content (AvgIpc) is 3.04. The number of nitrogens with one attached hydrogen (secondary N) is 2. The molecule has 2 N–H and O–H groups in total. The Morgan fingerprint density at radius 3 is 2.38 bits per heavy atom. The maximum absolute atomic E-state index is 12.4. The van der Waals surface area contributed by atoms with Crippen molar-refractivity contribution in [2.24, 2.45) is 0 Å². The quantitative estimate of drug-likeness (QED) is 0.645. The van der Waals surface area contributed by atoms with Gasteiger partial charge < -0.3 is 5.32 Å². The van der Waals surface area contributed by atoms with Crippen LogP contribution in [0.3, 0.4) is 0 Å². The molecule has 0 saturated carbocycles. The zero-order valence-electron chi connectivity index (χ0n) is 13.7. The van der Waals surface area contributed by atoms with E-state index in [0.717, 1.165) is 16.7 Å². The number of thiophene rings is 1. The Bertz CT molecular complexity index is 1040. The van der Waals surface area contributed by atoms with Crippen LogP contribution in [0, 0.1) is 0 Å². The van der Waals surface area contributed by atoms with Gasteiger partial charge in [-0.2, -0.15) is 0 Å². The molecule has 3 aromatic rings.